The highest BCUT2D eigenvalue weighted by molar-refractivity contribution is 5.96. The molecule has 8 nitrogen and oxygen atoms in total. The Balaban J connectivity index is 2.05. The molecule has 4 N–H and O–H groups in total. The number of aryl methyl sites for hydroxylation is 1. The molecule has 0 spiro atoms. The number of benzene rings is 2. The van der Waals surface area contributed by atoms with Gasteiger partial charge in [-0.25, -0.2) is 4.79 Å². The highest BCUT2D eigenvalue weighted by Crippen LogP contribution is 2.18. The van der Waals surface area contributed by atoms with Crippen molar-refractivity contribution < 1.29 is 19.5 Å². The van der Waals surface area contributed by atoms with E-state index in [1.165, 1.54) is 12.7 Å². The molecule has 1 atom stereocenters. The molecule has 0 aliphatic carbocycles. The van der Waals surface area contributed by atoms with E-state index in [0.29, 0.717) is 24.2 Å². The summed E-state index contributed by atoms with van der Waals surface area (Å²) in [5.41, 5.74) is 8.16. The number of carbonyl (C=O) groups is 2. The van der Waals surface area contributed by atoms with Gasteiger partial charge in [0.15, 0.2) is 5.84 Å². The molecule has 0 saturated carbocycles. The Hall–Kier alpha value is -3.39. The molecule has 2 aromatic carbocycles. The van der Waals surface area contributed by atoms with E-state index in [2.05, 4.69) is 36.5 Å². The molecule has 0 saturated heterocycles. The first-order valence-corrected chi connectivity index (χ1v) is 12.1. The van der Waals surface area contributed by atoms with Crippen LogP contribution in [0.2, 0.25) is 0 Å². The van der Waals surface area contributed by atoms with Crippen LogP contribution in [0.15, 0.2) is 59.8 Å². The number of nitrogens with one attached hydrogen (secondary N) is 1. The maximum absolute atomic E-state index is 13.3. The van der Waals surface area contributed by atoms with Gasteiger partial charge in [-0.1, -0.05) is 55.8 Å². The van der Waals surface area contributed by atoms with E-state index in [1.54, 1.807) is 24.3 Å². The van der Waals surface area contributed by atoms with Crippen molar-refractivity contribution in [3.63, 3.8) is 0 Å². The van der Waals surface area contributed by atoms with Crippen molar-refractivity contribution in [1.29, 1.82) is 0 Å². The van der Waals surface area contributed by atoms with Gasteiger partial charge < -0.3 is 21.0 Å². The second-order valence-corrected chi connectivity index (χ2v) is 9.06. The van der Waals surface area contributed by atoms with Crippen molar-refractivity contribution in [2.24, 2.45) is 16.8 Å². The second kappa shape index (κ2) is 14.8. The number of ether oxygens (including phenoxy) is 1. The fourth-order valence-corrected chi connectivity index (χ4v) is 3.95. The summed E-state index contributed by atoms with van der Waals surface area (Å²) in [6, 6.07) is 16.5. The Kier molecular flexibility index (Phi) is 11.8. The lowest BCUT2D eigenvalue weighted by molar-refractivity contribution is -0.121. The molecule has 2 rings (SSSR count). The Morgan fingerprint density at radius 3 is 2.34 bits per heavy atom. The zero-order valence-corrected chi connectivity index (χ0v) is 20.9. The summed E-state index contributed by atoms with van der Waals surface area (Å²) < 4.78 is 4.72. The summed E-state index contributed by atoms with van der Waals surface area (Å²) in [5.74, 6) is -0.268. The van der Waals surface area contributed by atoms with E-state index in [9.17, 15) is 9.59 Å². The number of rotatable bonds is 14. The van der Waals surface area contributed by atoms with Gasteiger partial charge in [-0.15, -0.1) is 0 Å². The largest absolute Gasteiger partial charge is 0.465 e. The predicted octanol–water partition coefficient (Wildman–Crippen LogP) is 4.29. The van der Waals surface area contributed by atoms with Crippen molar-refractivity contribution in [3.8, 4) is 0 Å². The molecule has 0 aromatic heterocycles. The van der Waals surface area contributed by atoms with E-state index >= 15 is 0 Å². The van der Waals surface area contributed by atoms with Gasteiger partial charge in [-0.05, 0) is 68.0 Å². The molecular weight excluding hydrogens is 444 g/mol. The lowest BCUT2D eigenvalue weighted by Crippen LogP contribution is -2.48. The third kappa shape index (κ3) is 9.78. The first-order valence-electron chi connectivity index (χ1n) is 12.1. The lowest BCUT2D eigenvalue weighted by atomic mass is 10.0. The van der Waals surface area contributed by atoms with Crippen molar-refractivity contribution in [3.05, 3.63) is 65.7 Å². The van der Waals surface area contributed by atoms with Crippen molar-refractivity contribution >= 4 is 23.4 Å². The molecule has 8 heteroatoms. The fourth-order valence-electron chi connectivity index (χ4n) is 3.95. The number of hydrogen-bond donors (Lipinski definition) is 3. The number of nitrogens with zero attached hydrogens (tertiary/aromatic N) is 2. The number of nitrogens with two attached hydrogens (primary N) is 1. The average Bonchev–Trinajstić information content (AvgIpc) is 2.86. The van der Waals surface area contributed by atoms with Crippen LogP contribution in [-0.2, 0) is 16.0 Å². The van der Waals surface area contributed by atoms with Gasteiger partial charge in [0, 0.05) is 5.69 Å². The lowest BCUT2D eigenvalue weighted by Gasteiger charge is -2.31. The number of amidine groups is 1. The van der Waals surface area contributed by atoms with Crippen molar-refractivity contribution in [1.82, 2.24) is 4.90 Å². The van der Waals surface area contributed by atoms with Gasteiger partial charge in [-0.2, -0.15) is 0 Å². The van der Waals surface area contributed by atoms with Crippen LogP contribution < -0.4 is 11.1 Å². The van der Waals surface area contributed by atoms with E-state index in [0.717, 1.165) is 25.7 Å². The van der Waals surface area contributed by atoms with Gasteiger partial charge in [-0.3, -0.25) is 9.69 Å². The molecule has 1 unspecified atom stereocenters. The molecule has 2 aromatic rings. The molecule has 0 bridgehead atoms. The number of hydrogen-bond acceptors (Lipinski definition) is 6. The summed E-state index contributed by atoms with van der Waals surface area (Å²) in [4.78, 5) is 27.0. The molecule has 1 amide bonds. The number of methoxy groups -OCH3 is 1. The summed E-state index contributed by atoms with van der Waals surface area (Å²) in [7, 11) is 1.33. The first kappa shape index (κ1) is 27.9. The summed E-state index contributed by atoms with van der Waals surface area (Å²) in [6.07, 6.45) is 4.58. The minimum atomic E-state index is -0.454. The quantitative estimate of drug-likeness (QED) is 0.0924. The Morgan fingerprint density at radius 1 is 1.06 bits per heavy atom. The first-order chi connectivity index (χ1) is 16.8. The maximum atomic E-state index is 13.3. The number of amides is 1. The van der Waals surface area contributed by atoms with Gasteiger partial charge in [0.05, 0.1) is 25.3 Å². The third-order valence-corrected chi connectivity index (χ3v) is 5.76. The molecule has 35 heavy (non-hydrogen) atoms. The van der Waals surface area contributed by atoms with Gasteiger partial charge in [0.2, 0.25) is 5.91 Å². The van der Waals surface area contributed by atoms with Gasteiger partial charge >= 0.3 is 5.97 Å². The normalized spacial score (nSPS) is 12.5. The van der Waals surface area contributed by atoms with Crippen molar-refractivity contribution in [2.75, 3.05) is 25.5 Å². The smallest absolute Gasteiger partial charge is 0.337 e. The number of oxime groups is 1. The Labute approximate surface area is 208 Å². The Bertz CT molecular complexity index is 945. The van der Waals surface area contributed by atoms with Crippen LogP contribution in [0.3, 0.4) is 0 Å². The highest BCUT2D eigenvalue weighted by Gasteiger charge is 2.27. The fraction of sp³-hybridized carbons (Fsp3) is 0.444. The minimum absolute atomic E-state index is 0.0678. The monoisotopic (exact) mass is 482 g/mol. The average molecular weight is 483 g/mol. The summed E-state index contributed by atoms with van der Waals surface area (Å²) in [5, 5.41) is 15.2. The molecule has 0 aliphatic heterocycles. The topological polar surface area (TPSA) is 117 Å². The van der Waals surface area contributed by atoms with Crippen LogP contribution in [0.4, 0.5) is 5.69 Å². The van der Waals surface area contributed by atoms with E-state index in [-0.39, 0.29) is 24.2 Å². The van der Waals surface area contributed by atoms with Crippen LogP contribution in [0.5, 0.6) is 0 Å². The predicted molar refractivity (Wildman–Crippen MR) is 139 cm³/mol. The van der Waals surface area contributed by atoms with Crippen LogP contribution >= 0.6 is 0 Å². The van der Waals surface area contributed by atoms with E-state index in [4.69, 9.17) is 15.7 Å². The van der Waals surface area contributed by atoms with Crippen LogP contribution in [-0.4, -0.2) is 54.1 Å². The number of unbranched alkanes of at least 4 members (excludes halogenated alkanes) is 2. The third-order valence-electron chi connectivity index (χ3n) is 5.76. The summed E-state index contributed by atoms with van der Waals surface area (Å²) >= 11 is 0. The maximum Gasteiger partial charge on any atom is 0.337 e. The zero-order chi connectivity index (χ0) is 25.6. The Morgan fingerprint density at radius 2 is 1.74 bits per heavy atom. The summed E-state index contributed by atoms with van der Waals surface area (Å²) in [6.45, 7) is 4.97. The van der Waals surface area contributed by atoms with Crippen LogP contribution in [0, 0.1) is 5.92 Å². The number of carbonyl (C=O) groups excluding carboxylic acids is 2. The molecule has 0 aliphatic rings. The van der Waals surface area contributed by atoms with E-state index < -0.39 is 12.0 Å². The molecule has 0 radical (unpaired) electrons. The van der Waals surface area contributed by atoms with Crippen LogP contribution in [0.25, 0.3) is 0 Å². The van der Waals surface area contributed by atoms with Crippen LogP contribution in [0.1, 0.15) is 55.5 Å². The second-order valence-electron chi connectivity index (χ2n) is 9.06. The minimum Gasteiger partial charge on any atom is -0.465 e. The molecule has 190 valence electrons. The number of anilines is 1. The number of esters is 1. The zero-order valence-electron chi connectivity index (χ0n) is 20.9. The molecule has 0 fully saturated rings. The molecule has 0 heterocycles. The standard InChI is InChI=1S/C27H38N4O4/c1-20(2)18-24(26(32)29-23-15-13-22(14-16-23)27(33)35-3)31(19-25(28)30-34)17-9-5-8-12-21-10-6-4-7-11-21/h4,6-7,10-11,13-16,20,24,34H,5,8-9,12,17-19H2,1-3H3,(H2,28,30)(H,29,32). The SMILES string of the molecule is COC(=O)c1ccc(NC(=O)C(CC(C)C)N(CCCCCc2ccccc2)CC(N)=NO)cc1. The van der Waals surface area contributed by atoms with Gasteiger partial charge in [0.1, 0.15) is 0 Å². The molecular formula is C27H38N4O4. The van der Waals surface area contributed by atoms with E-state index in [1.807, 2.05) is 23.1 Å². The van der Waals surface area contributed by atoms with Gasteiger partial charge in [0.25, 0.3) is 0 Å². The van der Waals surface area contributed by atoms with Crippen molar-refractivity contribution in [2.45, 2.75) is 52.0 Å². The highest BCUT2D eigenvalue weighted by atomic mass is 16.5.